The Morgan fingerprint density at radius 2 is 1.89 bits per heavy atom. The van der Waals surface area contributed by atoms with E-state index in [1.54, 1.807) is 44.4 Å². The molecule has 4 N–H and O–H groups in total. The number of carbonyl (C=O) groups excluding carboxylic acids is 2. The predicted molar refractivity (Wildman–Crippen MR) is 131 cm³/mol. The van der Waals surface area contributed by atoms with E-state index in [0.717, 1.165) is 5.56 Å². The van der Waals surface area contributed by atoms with Crippen molar-refractivity contribution in [2.45, 2.75) is 31.3 Å². The lowest BCUT2D eigenvalue weighted by molar-refractivity contribution is -0.123. The van der Waals surface area contributed by atoms with Crippen molar-refractivity contribution in [2.75, 3.05) is 20.3 Å². The standard InChI is InChI=1S/C27H28FN3O5/c1-26(25(29)33)15-36-24-20(26)13-21(31-23(24)17-6-8-18(28)9-7-17)27(2,34)14-30-22(32)12-16-4-10-19(35-3)11-5-16/h4-11,13,34H,12,14-15H2,1-3H3,(H2,29,33)(H,30,32)/t26-,27-/m0/s1. The van der Waals surface area contributed by atoms with Crippen LogP contribution in [-0.2, 0) is 27.0 Å². The molecule has 1 aliphatic heterocycles. The van der Waals surface area contributed by atoms with Gasteiger partial charge in [-0.1, -0.05) is 12.1 Å². The number of aromatic nitrogens is 1. The van der Waals surface area contributed by atoms with Crippen LogP contribution >= 0.6 is 0 Å². The van der Waals surface area contributed by atoms with Gasteiger partial charge in [-0.15, -0.1) is 0 Å². The molecule has 1 aromatic heterocycles. The van der Waals surface area contributed by atoms with E-state index in [1.807, 2.05) is 0 Å². The number of fused-ring (bicyclic) bond motifs is 1. The van der Waals surface area contributed by atoms with E-state index in [1.165, 1.54) is 31.2 Å². The number of nitrogens with two attached hydrogens (primary N) is 1. The molecule has 0 saturated heterocycles. The molecule has 0 saturated carbocycles. The van der Waals surface area contributed by atoms with Crippen LogP contribution < -0.4 is 20.5 Å². The van der Waals surface area contributed by atoms with Crippen LogP contribution in [0.5, 0.6) is 11.5 Å². The summed E-state index contributed by atoms with van der Waals surface area (Å²) in [5, 5.41) is 14.1. The van der Waals surface area contributed by atoms with Crippen molar-refractivity contribution in [3.63, 3.8) is 0 Å². The fourth-order valence-corrected chi connectivity index (χ4v) is 4.02. The summed E-state index contributed by atoms with van der Waals surface area (Å²) in [6.45, 7) is 3.05. The van der Waals surface area contributed by atoms with Crippen molar-refractivity contribution in [1.82, 2.24) is 10.3 Å². The topological polar surface area (TPSA) is 124 Å². The Morgan fingerprint density at radius 1 is 1.22 bits per heavy atom. The third-order valence-corrected chi connectivity index (χ3v) is 6.44. The van der Waals surface area contributed by atoms with Crippen LogP contribution in [0.25, 0.3) is 11.3 Å². The van der Waals surface area contributed by atoms with Gasteiger partial charge in [-0.25, -0.2) is 9.37 Å². The van der Waals surface area contributed by atoms with Crippen molar-refractivity contribution in [1.29, 1.82) is 0 Å². The van der Waals surface area contributed by atoms with Crippen molar-refractivity contribution >= 4 is 11.8 Å². The second kappa shape index (κ2) is 9.58. The Bertz CT molecular complexity index is 1290. The maximum atomic E-state index is 13.5. The molecular formula is C27H28FN3O5. The largest absolute Gasteiger partial charge is 0.497 e. The average molecular weight is 494 g/mol. The zero-order valence-corrected chi connectivity index (χ0v) is 20.3. The normalized spacial score (nSPS) is 18.0. The second-order valence-corrected chi connectivity index (χ2v) is 9.30. The van der Waals surface area contributed by atoms with Gasteiger partial charge in [0.15, 0.2) is 0 Å². The van der Waals surface area contributed by atoms with Gasteiger partial charge in [0.25, 0.3) is 0 Å². The summed E-state index contributed by atoms with van der Waals surface area (Å²) in [5.74, 6) is -0.248. The molecule has 0 radical (unpaired) electrons. The summed E-state index contributed by atoms with van der Waals surface area (Å²) in [6.07, 6.45) is 0.117. The van der Waals surface area contributed by atoms with Crippen LogP contribution in [0.15, 0.2) is 54.6 Å². The highest BCUT2D eigenvalue weighted by Gasteiger charge is 2.45. The quantitative estimate of drug-likeness (QED) is 0.443. The lowest BCUT2D eigenvalue weighted by Crippen LogP contribution is -2.41. The van der Waals surface area contributed by atoms with Gasteiger partial charge in [0, 0.05) is 11.1 Å². The molecule has 9 heteroatoms. The second-order valence-electron chi connectivity index (χ2n) is 9.30. The van der Waals surface area contributed by atoms with Crippen molar-refractivity contribution in [2.24, 2.45) is 5.73 Å². The number of pyridine rings is 1. The molecule has 0 aliphatic carbocycles. The number of primary amides is 1. The first-order valence-electron chi connectivity index (χ1n) is 11.4. The fraction of sp³-hybridized carbons (Fsp3) is 0.296. The SMILES string of the molecule is COc1ccc(CC(=O)NC[C@](C)(O)c2cc3c(c(-c4ccc(F)cc4)n2)OC[C@]3(C)C(N)=O)cc1. The lowest BCUT2D eigenvalue weighted by atomic mass is 9.82. The molecule has 0 unspecified atom stereocenters. The number of hydrogen-bond donors (Lipinski definition) is 3. The first-order chi connectivity index (χ1) is 17.0. The third-order valence-electron chi connectivity index (χ3n) is 6.44. The van der Waals surface area contributed by atoms with Gasteiger partial charge in [0.1, 0.15) is 40.6 Å². The van der Waals surface area contributed by atoms with Crippen molar-refractivity contribution in [3.05, 3.63) is 77.2 Å². The van der Waals surface area contributed by atoms with E-state index in [-0.39, 0.29) is 31.2 Å². The molecule has 2 atom stereocenters. The molecule has 4 rings (SSSR count). The molecule has 1 aliphatic rings. The highest BCUT2D eigenvalue weighted by molar-refractivity contribution is 5.90. The molecule has 2 amide bonds. The number of aliphatic hydroxyl groups is 1. The number of nitrogens with one attached hydrogen (secondary N) is 1. The first-order valence-corrected chi connectivity index (χ1v) is 11.4. The van der Waals surface area contributed by atoms with Gasteiger partial charge >= 0.3 is 0 Å². The molecule has 36 heavy (non-hydrogen) atoms. The van der Waals surface area contributed by atoms with E-state index in [9.17, 15) is 19.1 Å². The summed E-state index contributed by atoms with van der Waals surface area (Å²) in [6, 6.07) is 14.3. The molecule has 0 spiro atoms. The van der Waals surface area contributed by atoms with E-state index < -0.39 is 22.7 Å². The fourth-order valence-electron chi connectivity index (χ4n) is 4.02. The maximum Gasteiger partial charge on any atom is 0.231 e. The Hall–Kier alpha value is -3.98. The zero-order valence-electron chi connectivity index (χ0n) is 20.3. The number of ether oxygens (including phenoxy) is 2. The average Bonchev–Trinajstić information content (AvgIpc) is 3.21. The molecule has 3 aromatic rings. The Balaban J connectivity index is 1.62. The van der Waals surface area contributed by atoms with Gasteiger partial charge < -0.3 is 25.6 Å². The number of hydrogen-bond acceptors (Lipinski definition) is 6. The maximum absolute atomic E-state index is 13.5. The number of benzene rings is 2. The number of methoxy groups -OCH3 is 1. The van der Waals surface area contributed by atoms with Crippen LogP contribution in [-0.4, -0.2) is 42.2 Å². The molecule has 8 nitrogen and oxygen atoms in total. The van der Waals surface area contributed by atoms with Crippen LogP contribution in [0.4, 0.5) is 4.39 Å². The summed E-state index contributed by atoms with van der Waals surface area (Å²) < 4.78 is 24.5. The van der Waals surface area contributed by atoms with Crippen LogP contribution in [0, 0.1) is 5.82 Å². The van der Waals surface area contributed by atoms with Crippen LogP contribution in [0.2, 0.25) is 0 Å². The highest BCUT2D eigenvalue weighted by Crippen LogP contribution is 2.45. The first kappa shape index (κ1) is 25.1. The van der Waals surface area contributed by atoms with E-state index in [2.05, 4.69) is 10.3 Å². The monoisotopic (exact) mass is 493 g/mol. The minimum absolute atomic E-state index is 0.0116. The summed E-state index contributed by atoms with van der Waals surface area (Å²) in [4.78, 5) is 29.5. The van der Waals surface area contributed by atoms with Gasteiger partial charge in [-0.05, 0) is 61.9 Å². The molecule has 0 bridgehead atoms. The van der Waals surface area contributed by atoms with Crippen molar-refractivity contribution in [3.8, 4) is 22.8 Å². The smallest absolute Gasteiger partial charge is 0.231 e. The Labute approximate surface area is 208 Å². The molecule has 188 valence electrons. The molecule has 0 fully saturated rings. The Kier molecular flexibility index (Phi) is 6.69. The zero-order chi connectivity index (χ0) is 26.1. The van der Waals surface area contributed by atoms with E-state index in [0.29, 0.717) is 28.3 Å². The predicted octanol–water partition coefficient (Wildman–Crippen LogP) is 2.60. The van der Waals surface area contributed by atoms with E-state index >= 15 is 0 Å². The van der Waals surface area contributed by atoms with Gasteiger partial charge in [-0.3, -0.25) is 9.59 Å². The molecule has 2 aromatic carbocycles. The van der Waals surface area contributed by atoms with Gasteiger partial charge in [-0.2, -0.15) is 0 Å². The van der Waals surface area contributed by atoms with Crippen LogP contribution in [0.3, 0.4) is 0 Å². The van der Waals surface area contributed by atoms with Gasteiger partial charge in [0.2, 0.25) is 11.8 Å². The summed E-state index contributed by atoms with van der Waals surface area (Å²) >= 11 is 0. The van der Waals surface area contributed by atoms with Crippen LogP contribution in [0.1, 0.15) is 30.7 Å². The lowest BCUT2D eigenvalue weighted by Gasteiger charge is -2.26. The minimum atomic E-state index is -1.60. The number of nitrogens with zero attached hydrogens (tertiary/aromatic N) is 1. The Morgan fingerprint density at radius 3 is 2.50 bits per heavy atom. The minimum Gasteiger partial charge on any atom is -0.497 e. The third kappa shape index (κ3) is 4.87. The van der Waals surface area contributed by atoms with Crippen molar-refractivity contribution < 1.29 is 28.6 Å². The summed E-state index contributed by atoms with van der Waals surface area (Å²) in [7, 11) is 1.57. The number of rotatable bonds is 8. The van der Waals surface area contributed by atoms with Gasteiger partial charge in [0.05, 0.1) is 25.8 Å². The molecular weight excluding hydrogens is 465 g/mol. The highest BCUT2D eigenvalue weighted by atomic mass is 19.1. The number of amides is 2. The molecule has 2 heterocycles. The number of carbonyl (C=O) groups is 2. The number of halogens is 1. The summed E-state index contributed by atoms with van der Waals surface area (Å²) in [5.41, 5.74) is 5.31. The van der Waals surface area contributed by atoms with E-state index in [4.69, 9.17) is 15.2 Å².